The quantitative estimate of drug-likeness (QED) is 0.539. The molecule has 0 aliphatic carbocycles. The third kappa shape index (κ3) is 5.71. The van der Waals surface area contributed by atoms with Gasteiger partial charge in [-0.25, -0.2) is 10.2 Å². The number of carbonyl (C=O) groups is 2. The Kier molecular flexibility index (Phi) is 6.81. The van der Waals surface area contributed by atoms with Crippen LogP contribution >= 0.6 is 0 Å². The van der Waals surface area contributed by atoms with E-state index in [1.807, 2.05) is 0 Å². The molecule has 0 saturated heterocycles. The molecular formula is C19H17F3N2O5. The maximum atomic E-state index is 12.8. The lowest BCUT2D eigenvalue weighted by molar-refractivity contribution is -0.144. The van der Waals surface area contributed by atoms with Gasteiger partial charge in [-0.05, 0) is 37.3 Å². The highest BCUT2D eigenvalue weighted by atomic mass is 19.4. The van der Waals surface area contributed by atoms with Gasteiger partial charge in [0.25, 0.3) is 5.91 Å². The van der Waals surface area contributed by atoms with Crippen LogP contribution < -0.4 is 14.9 Å². The molecule has 154 valence electrons. The summed E-state index contributed by atoms with van der Waals surface area (Å²) in [6.45, 7) is 1.32. The lowest BCUT2D eigenvalue weighted by atomic mass is 10.1. The fraction of sp³-hybridized carbons (Fsp3) is 0.211. The molecule has 2 rings (SSSR count). The largest absolute Gasteiger partial charge is 0.493 e. The number of para-hydroxylation sites is 1. The maximum absolute atomic E-state index is 12.8. The van der Waals surface area contributed by atoms with Crippen molar-refractivity contribution in [2.75, 3.05) is 7.11 Å². The molecule has 0 unspecified atom stereocenters. The number of amides is 1. The van der Waals surface area contributed by atoms with Crippen molar-refractivity contribution >= 4 is 18.1 Å². The summed E-state index contributed by atoms with van der Waals surface area (Å²) in [5.41, 5.74) is 1.23. The summed E-state index contributed by atoms with van der Waals surface area (Å²) in [7, 11) is 1.37. The van der Waals surface area contributed by atoms with E-state index in [4.69, 9.17) is 14.6 Å². The highest BCUT2D eigenvalue weighted by molar-refractivity contribution is 5.95. The minimum Gasteiger partial charge on any atom is -0.493 e. The third-order valence-corrected chi connectivity index (χ3v) is 3.69. The van der Waals surface area contributed by atoms with Crippen molar-refractivity contribution in [3.05, 3.63) is 59.2 Å². The lowest BCUT2D eigenvalue weighted by Gasteiger charge is -2.15. The molecule has 0 bridgehead atoms. The van der Waals surface area contributed by atoms with Gasteiger partial charge in [0.15, 0.2) is 17.6 Å². The van der Waals surface area contributed by atoms with E-state index in [1.165, 1.54) is 26.2 Å². The smallest absolute Gasteiger partial charge is 0.416 e. The Labute approximate surface area is 163 Å². The number of alkyl halides is 3. The van der Waals surface area contributed by atoms with Gasteiger partial charge in [-0.2, -0.15) is 18.3 Å². The van der Waals surface area contributed by atoms with E-state index in [0.29, 0.717) is 11.6 Å². The van der Waals surface area contributed by atoms with Crippen LogP contribution in [0.5, 0.6) is 11.5 Å². The van der Waals surface area contributed by atoms with Crippen LogP contribution in [0.2, 0.25) is 0 Å². The molecule has 0 heterocycles. The molecule has 0 saturated carbocycles. The Bertz CT molecular complexity index is 928. The van der Waals surface area contributed by atoms with Crippen LogP contribution in [0.3, 0.4) is 0 Å². The van der Waals surface area contributed by atoms with Crippen LogP contribution in [-0.4, -0.2) is 36.4 Å². The number of nitrogens with zero attached hydrogens (tertiary/aromatic N) is 1. The molecule has 0 fully saturated rings. The number of halogens is 3. The van der Waals surface area contributed by atoms with E-state index in [-0.39, 0.29) is 17.1 Å². The summed E-state index contributed by atoms with van der Waals surface area (Å²) in [5, 5.41) is 12.7. The molecule has 2 aromatic carbocycles. The average Bonchev–Trinajstić information content (AvgIpc) is 2.68. The predicted octanol–water partition coefficient (Wildman–Crippen LogP) is 3.33. The molecule has 2 aromatic rings. The van der Waals surface area contributed by atoms with Gasteiger partial charge in [0.05, 0.1) is 18.9 Å². The first-order chi connectivity index (χ1) is 13.6. The Balaban J connectivity index is 2.20. The number of carboxylic acids is 1. The molecule has 7 nitrogen and oxygen atoms in total. The molecule has 1 amide bonds. The number of rotatable bonds is 7. The number of ether oxygens (including phenoxy) is 2. The van der Waals surface area contributed by atoms with Crippen molar-refractivity contribution in [1.82, 2.24) is 5.43 Å². The van der Waals surface area contributed by atoms with Crippen LogP contribution in [0, 0.1) is 0 Å². The Morgan fingerprint density at radius 3 is 2.52 bits per heavy atom. The van der Waals surface area contributed by atoms with Gasteiger partial charge in [-0.1, -0.05) is 12.1 Å². The van der Waals surface area contributed by atoms with Crippen LogP contribution in [0.1, 0.15) is 28.4 Å². The van der Waals surface area contributed by atoms with E-state index < -0.39 is 29.7 Å². The summed E-state index contributed by atoms with van der Waals surface area (Å²) in [6, 6.07) is 8.56. The Hall–Kier alpha value is -3.56. The van der Waals surface area contributed by atoms with E-state index >= 15 is 0 Å². The van der Waals surface area contributed by atoms with Gasteiger partial charge >= 0.3 is 12.1 Å². The minimum atomic E-state index is -4.58. The number of aliphatic carboxylic acids is 1. The summed E-state index contributed by atoms with van der Waals surface area (Å²) in [4.78, 5) is 23.1. The first kappa shape index (κ1) is 21.7. The van der Waals surface area contributed by atoms with E-state index in [9.17, 15) is 22.8 Å². The first-order valence-electron chi connectivity index (χ1n) is 8.20. The van der Waals surface area contributed by atoms with Gasteiger partial charge in [-0.3, -0.25) is 4.79 Å². The zero-order valence-electron chi connectivity index (χ0n) is 15.4. The number of methoxy groups -OCH3 is 1. The highest BCUT2D eigenvalue weighted by Gasteiger charge is 2.30. The topological polar surface area (TPSA) is 97.2 Å². The third-order valence-electron chi connectivity index (χ3n) is 3.69. The summed E-state index contributed by atoms with van der Waals surface area (Å²) in [6.07, 6.45) is -4.59. The second kappa shape index (κ2) is 9.09. The zero-order chi connectivity index (χ0) is 21.6. The van der Waals surface area contributed by atoms with E-state index in [0.717, 1.165) is 18.3 Å². The molecule has 1 atom stereocenters. The molecule has 0 aliphatic rings. The second-order valence-corrected chi connectivity index (χ2v) is 5.75. The van der Waals surface area contributed by atoms with Crippen LogP contribution in [0.15, 0.2) is 47.6 Å². The number of carbonyl (C=O) groups excluding carboxylic acids is 1. The van der Waals surface area contributed by atoms with Crippen molar-refractivity contribution in [2.24, 2.45) is 5.10 Å². The number of hydrogen-bond acceptors (Lipinski definition) is 5. The Morgan fingerprint density at radius 1 is 1.21 bits per heavy atom. The summed E-state index contributed by atoms with van der Waals surface area (Å²) < 4.78 is 48.8. The SMILES string of the molecule is COc1cccc(/C=N\NC(=O)c2cccc(C(F)(F)F)c2)c1O[C@@H](C)C(=O)O. The lowest BCUT2D eigenvalue weighted by Crippen LogP contribution is -2.24. The molecule has 0 aliphatic heterocycles. The predicted molar refractivity (Wildman–Crippen MR) is 97.2 cm³/mol. The van der Waals surface area contributed by atoms with E-state index in [2.05, 4.69) is 10.5 Å². The number of nitrogens with one attached hydrogen (secondary N) is 1. The average molecular weight is 410 g/mol. The fourth-order valence-corrected chi connectivity index (χ4v) is 2.21. The van der Waals surface area contributed by atoms with Crippen molar-refractivity contribution < 1.29 is 37.3 Å². The first-order valence-corrected chi connectivity index (χ1v) is 8.20. The molecule has 0 aromatic heterocycles. The zero-order valence-corrected chi connectivity index (χ0v) is 15.4. The molecule has 0 radical (unpaired) electrons. The van der Waals surface area contributed by atoms with Gasteiger partial charge in [0.1, 0.15) is 0 Å². The summed E-state index contributed by atoms with van der Waals surface area (Å²) >= 11 is 0. The van der Waals surface area contributed by atoms with Gasteiger partial charge in [-0.15, -0.1) is 0 Å². The summed E-state index contributed by atoms with van der Waals surface area (Å²) in [5.74, 6) is -1.72. The second-order valence-electron chi connectivity index (χ2n) is 5.75. The number of hydrazone groups is 1. The fourth-order valence-electron chi connectivity index (χ4n) is 2.21. The minimum absolute atomic E-state index is 0.0852. The standard InChI is InChI=1S/C19H17F3N2O5/c1-11(18(26)27)29-16-13(6-4-8-15(16)28-2)10-23-24-17(25)12-5-3-7-14(9-12)19(20,21)22/h3-11H,1-2H3,(H,24,25)(H,26,27)/b23-10-/t11-/m0/s1. The van der Waals surface area contributed by atoms with Crippen molar-refractivity contribution in [3.63, 3.8) is 0 Å². The monoisotopic (exact) mass is 410 g/mol. The Morgan fingerprint density at radius 2 is 1.90 bits per heavy atom. The molecule has 10 heteroatoms. The van der Waals surface area contributed by atoms with Crippen LogP contribution in [0.4, 0.5) is 13.2 Å². The van der Waals surface area contributed by atoms with Gasteiger partial charge in [0.2, 0.25) is 0 Å². The van der Waals surface area contributed by atoms with Crippen LogP contribution in [0.25, 0.3) is 0 Å². The van der Waals surface area contributed by atoms with Crippen LogP contribution in [-0.2, 0) is 11.0 Å². The highest BCUT2D eigenvalue weighted by Crippen LogP contribution is 2.31. The number of carboxylic acid groups (broad SMARTS) is 1. The van der Waals surface area contributed by atoms with Gasteiger partial charge < -0.3 is 14.6 Å². The number of benzene rings is 2. The molecule has 29 heavy (non-hydrogen) atoms. The van der Waals surface area contributed by atoms with E-state index in [1.54, 1.807) is 12.1 Å². The van der Waals surface area contributed by atoms with Crippen molar-refractivity contribution in [3.8, 4) is 11.5 Å². The maximum Gasteiger partial charge on any atom is 0.416 e. The number of hydrogen-bond donors (Lipinski definition) is 2. The van der Waals surface area contributed by atoms with Crippen molar-refractivity contribution in [2.45, 2.75) is 19.2 Å². The molecule has 0 spiro atoms. The molecular weight excluding hydrogens is 393 g/mol. The van der Waals surface area contributed by atoms with Crippen molar-refractivity contribution in [1.29, 1.82) is 0 Å². The molecule has 2 N–H and O–H groups in total. The van der Waals surface area contributed by atoms with Gasteiger partial charge in [0, 0.05) is 11.1 Å². The normalized spacial score (nSPS) is 12.4.